The predicted molar refractivity (Wildman–Crippen MR) is 124 cm³/mol. The lowest BCUT2D eigenvalue weighted by molar-refractivity contribution is -0.132. The first-order valence-electron chi connectivity index (χ1n) is 12.0. The van der Waals surface area contributed by atoms with E-state index in [0.29, 0.717) is 43.7 Å². The molecule has 2 aromatic carbocycles. The van der Waals surface area contributed by atoms with Crippen LogP contribution in [0.4, 0.5) is 4.39 Å². The molecule has 0 radical (unpaired) electrons. The highest BCUT2D eigenvalue weighted by molar-refractivity contribution is 6.24. The van der Waals surface area contributed by atoms with Crippen LogP contribution in [-0.2, 0) is 33.7 Å². The fraction of sp³-hybridized carbons (Fsp3) is 0.407. The third-order valence-corrected chi connectivity index (χ3v) is 7.08. The van der Waals surface area contributed by atoms with Gasteiger partial charge in [-0.25, -0.2) is 4.39 Å². The van der Waals surface area contributed by atoms with Gasteiger partial charge in [-0.1, -0.05) is 24.3 Å². The number of ketones is 2. The number of morpholine rings is 1. The Morgan fingerprint density at radius 2 is 1.71 bits per heavy atom. The highest BCUT2D eigenvalue weighted by Gasteiger charge is 2.45. The van der Waals surface area contributed by atoms with Gasteiger partial charge in [-0.05, 0) is 48.1 Å². The van der Waals surface area contributed by atoms with Crippen molar-refractivity contribution in [1.82, 2.24) is 9.80 Å². The van der Waals surface area contributed by atoms with Gasteiger partial charge in [-0.3, -0.25) is 29.0 Å². The summed E-state index contributed by atoms with van der Waals surface area (Å²) in [5.41, 5.74) is 2.65. The number of Topliss-reactive ketones (excluding diaryl/α,β-unsaturated/α-hetero) is 2. The zero-order valence-electron chi connectivity index (χ0n) is 19.4. The van der Waals surface area contributed by atoms with Gasteiger partial charge in [-0.15, -0.1) is 0 Å². The number of hydrogen-bond acceptors (Lipinski definition) is 6. The fourth-order valence-corrected chi connectivity index (χ4v) is 5.18. The number of ether oxygens (including phenoxy) is 1. The SMILES string of the molecule is O=C1CCC(N2C(=O)c3cccc(CCc4ccc(CN5CCOCC5)cc4F)c3C2=O)C(=O)C1. The topological polar surface area (TPSA) is 84.0 Å². The van der Waals surface area contributed by atoms with E-state index in [-0.39, 0.29) is 42.0 Å². The van der Waals surface area contributed by atoms with Crippen LogP contribution in [-0.4, -0.2) is 65.5 Å². The Morgan fingerprint density at radius 1 is 0.943 bits per heavy atom. The van der Waals surface area contributed by atoms with Crippen molar-refractivity contribution in [3.8, 4) is 0 Å². The summed E-state index contributed by atoms with van der Waals surface area (Å²) in [6.07, 6.45) is 0.856. The van der Waals surface area contributed by atoms with Crippen molar-refractivity contribution in [3.05, 3.63) is 70.0 Å². The second-order valence-electron chi connectivity index (χ2n) is 9.37. The number of carbonyl (C=O) groups excluding carboxylic acids is 4. The van der Waals surface area contributed by atoms with E-state index in [1.54, 1.807) is 30.3 Å². The first kappa shape index (κ1) is 23.5. The second kappa shape index (κ2) is 9.79. The number of imide groups is 1. The molecule has 2 heterocycles. The minimum Gasteiger partial charge on any atom is -0.379 e. The standard InChI is InChI=1S/C27H27FN2O5/c28-22-14-17(16-29-10-12-35-13-11-29)4-5-18(22)6-7-19-2-1-3-21-25(19)27(34)30(26(21)33)23-9-8-20(31)15-24(23)32/h1-5,14,23H,6-13,15-16H2. The lowest BCUT2D eigenvalue weighted by Gasteiger charge is -2.27. The Morgan fingerprint density at radius 3 is 2.46 bits per heavy atom. The molecule has 182 valence electrons. The van der Waals surface area contributed by atoms with Crippen LogP contribution in [0, 0.1) is 5.82 Å². The molecule has 2 aromatic rings. The van der Waals surface area contributed by atoms with Gasteiger partial charge in [0.2, 0.25) is 0 Å². The Hall–Kier alpha value is -3.23. The van der Waals surface area contributed by atoms with Crippen LogP contribution in [0.2, 0.25) is 0 Å². The van der Waals surface area contributed by atoms with Crippen LogP contribution in [0.15, 0.2) is 36.4 Å². The quantitative estimate of drug-likeness (QED) is 0.469. The van der Waals surface area contributed by atoms with E-state index < -0.39 is 23.6 Å². The summed E-state index contributed by atoms with van der Waals surface area (Å²) in [5, 5.41) is 0. The number of halogens is 1. The largest absolute Gasteiger partial charge is 0.379 e. The molecule has 35 heavy (non-hydrogen) atoms. The summed E-state index contributed by atoms with van der Waals surface area (Å²) in [6, 6.07) is 9.43. The number of amides is 2. The molecule has 3 aliphatic rings. The van der Waals surface area contributed by atoms with Crippen LogP contribution in [0.5, 0.6) is 0 Å². The molecule has 0 spiro atoms. The second-order valence-corrected chi connectivity index (χ2v) is 9.37. The van der Waals surface area contributed by atoms with E-state index >= 15 is 0 Å². The Labute approximate surface area is 202 Å². The summed E-state index contributed by atoms with van der Waals surface area (Å²) >= 11 is 0. The van der Waals surface area contributed by atoms with Gasteiger partial charge in [0.1, 0.15) is 11.6 Å². The van der Waals surface area contributed by atoms with E-state index in [9.17, 15) is 23.6 Å². The van der Waals surface area contributed by atoms with Crippen LogP contribution in [0.3, 0.4) is 0 Å². The molecule has 1 unspecified atom stereocenters. The number of carbonyl (C=O) groups is 4. The Bertz CT molecular complexity index is 1200. The first-order chi connectivity index (χ1) is 16.9. The molecule has 1 atom stereocenters. The van der Waals surface area contributed by atoms with Gasteiger partial charge < -0.3 is 4.74 Å². The highest BCUT2D eigenvalue weighted by atomic mass is 19.1. The van der Waals surface area contributed by atoms with Gasteiger partial charge in [0.15, 0.2) is 5.78 Å². The molecule has 1 aliphatic carbocycles. The lowest BCUT2D eigenvalue weighted by atomic mass is 9.92. The highest BCUT2D eigenvalue weighted by Crippen LogP contribution is 2.31. The van der Waals surface area contributed by atoms with Crippen molar-refractivity contribution < 1.29 is 28.3 Å². The number of rotatable bonds is 6. The normalized spacial score (nSPS) is 21.1. The molecule has 2 fully saturated rings. The van der Waals surface area contributed by atoms with E-state index in [0.717, 1.165) is 23.6 Å². The van der Waals surface area contributed by atoms with Crippen molar-refractivity contribution in [3.63, 3.8) is 0 Å². The molecule has 2 aliphatic heterocycles. The number of hydrogen-bond donors (Lipinski definition) is 0. The predicted octanol–water partition coefficient (Wildman–Crippen LogP) is 2.73. The maximum absolute atomic E-state index is 14.9. The molecule has 7 nitrogen and oxygen atoms in total. The summed E-state index contributed by atoms with van der Waals surface area (Å²) in [6.45, 7) is 3.70. The molecule has 1 saturated heterocycles. The average Bonchev–Trinajstić information content (AvgIpc) is 3.10. The molecular formula is C27H27FN2O5. The maximum atomic E-state index is 14.9. The summed E-state index contributed by atoms with van der Waals surface area (Å²) < 4.78 is 20.2. The van der Waals surface area contributed by atoms with Crippen molar-refractivity contribution in [2.75, 3.05) is 26.3 Å². The zero-order chi connectivity index (χ0) is 24.5. The fourth-order valence-electron chi connectivity index (χ4n) is 5.18. The van der Waals surface area contributed by atoms with Crippen LogP contribution >= 0.6 is 0 Å². The molecule has 0 bridgehead atoms. The van der Waals surface area contributed by atoms with Gasteiger partial charge in [-0.2, -0.15) is 0 Å². The van der Waals surface area contributed by atoms with Crippen molar-refractivity contribution in [2.24, 2.45) is 0 Å². The van der Waals surface area contributed by atoms with Crippen molar-refractivity contribution in [1.29, 1.82) is 0 Å². The summed E-state index contributed by atoms with van der Waals surface area (Å²) in [5.74, 6) is -1.85. The molecule has 0 aromatic heterocycles. The van der Waals surface area contributed by atoms with E-state index in [4.69, 9.17) is 4.74 Å². The van der Waals surface area contributed by atoms with Crippen LogP contribution in [0.25, 0.3) is 0 Å². The van der Waals surface area contributed by atoms with Gasteiger partial charge in [0.25, 0.3) is 11.8 Å². The van der Waals surface area contributed by atoms with Crippen molar-refractivity contribution >= 4 is 23.4 Å². The van der Waals surface area contributed by atoms with Gasteiger partial charge in [0.05, 0.1) is 36.8 Å². The molecule has 1 saturated carbocycles. The number of fused-ring (bicyclic) bond motifs is 1. The van der Waals surface area contributed by atoms with E-state index in [1.807, 2.05) is 6.07 Å². The summed E-state index contributed by atoms with van der Waals surface area (Å²) in [4.78, 5) is 53.5. The third kappa shape index (κ3) is 4.68. The molecular weight excluding hydrogens is 451 g/mol. The minimum absolute atomic E-state index is 0.165. The van der Waals surface area contributed by atoms with E-state index in [1.165, 1.54) is 0 Å². The smallest absolute Gasteiger partial charge is 0.262 e. The van der Waals surface area contributed by atoms with Crippen LogP contribution in [0.1, 0.15) is 56.7 Å². The molecule has 2 amide bonds. The van der Waals surface area contributed by atoms with Gasteiger partial charge in [0, 0.05) is 26.1 Å². The number of nitrogens with zero attached hydrogens (tertiary/aromatic N) is 2. The number of benzene rings is 2. The molecule has 5 rings (SSSR count). The van der Waals surface area contributed by atoms with E-state index in [2.05, 4.69) is 4.90 Å². The minimum atomic E-state index is -0.899. The zero-order valence-corrected chi connectivity index (χ0v) is 19.4. The van der Waals surface area contributed by atoms with Crippen molar-refractivity contribution in [2.45, 2.75) is 44.7 Å². The molecule has 8 heteroatoms. The summed E-state index contributed by atoms with van der Waals surface area (Å²) in [7, 11) is 0. The lowest BCUT2D eigenvalue weighted by Crippen LogP contribution is -2.47. The molecule has 0 N–H and O–H groups in total. The monoisotopic (exact) mass is 478 g/mol. The van der Waals surface area contributed by atoms with Crippen LogP contribution < -0.4 is 0 Å². The first-order valence-corrected chi connectivity index (χ1v) is 12.0. The maximum Gasteiger partial charge on any atom is 0.262 e. The Kier molecular flexibility index (Phi) is 6.58. The average molecular weight is 479 g/mol. The third-order valence-electron chi connectivity index (χ3n) is 7.08. The Balaban J connectivity index is 1.30. The van der Waals surface area contributed by atoms with Gasteiger partial charge >= 0.3 is 0 Å². The number of aryl methyl sites for hydroxylation is 2.